The van der Waals surface area contributed by atoms with Crippen LogP contribution in [0.5, 0.6) is 5.75 Å². The number of esters is 1. The van der Waals surface area contributed by atoms with E-state index in [0.717, 1.165) is 0 Å². The number of ether oxygens (including phenoxy) is 2. The summed E-state index contributed by atoms with van der Waals surface area (Å²) in [4.78, 5) is 23.6. The van der Waals surface area contributed by atoms with Gasteiger partial charge in [0.1, 0.15) is 11.6 Å². The van der Waals surface area contributed by atoms with Crippen molar-refractivity contribution in [1.82, 2.24) is 0 Å². The highest BCUT2D eigenvalue weighted by atomic mass is 35.5. The van der Waals surface area contributed by atoms with E-state index in [-0.39, 0.29) is 5.69 Å². The molecular weight excluding hydrogens is 337 g/mol. The molecule has 2 aromatic carbocycles. The van der Waals surface area contributed by atoms with Gasteiger partial charge in [-0.25, -0.2) is 9.18 Å². The molecule has 1 atom stereocenters. The van der Waals surface area contributed by atoms with Crippen LogP contribution in [-0.4, -0.2) is 24.6 Å². The minimum Gasteiger partial charge on any atom is -0.480 e. The minimum atomic E-state index is -1.10. The standard InChI is InChI=1S/C17H15ClFNO4/c1-11(17(22)20-14-8-4-3-7-13(14)19)24-16(21)10-23-15-9-5-2-6-12(15)18/h2-9,11H,10H2,1H3,(H,20,22)/t11-/m0/s1. The zero-order valence-electron chi connectivity index (χ0n) is 12.8. The Balaban J connectivity index is 1.84. The number of carbonyl (C=O) groups is 2. The number of hydrogen-bond acceptors (Lipinski definition) is 4. The van der Waals surface area contributed by atoms with Crippen molar-refractivity contribution in [2.75, 3.05) is 11.9 Å². The first-order chi connectivity index (χ1) is 11.5. The molecule has 0 aromatic heterocycles. The molecule has 0 unspecified atom stereocenters. The van der Waals surface area contributed by atoms with Crippen molar-refractivity contribution in [3.8, 4) is 5.75 Å². The summed E-state index contributed by atoms with van der Waals surface area (Å²) in [6.45, 7) is 0.977. The lowest BCUT2D eigenvalue weighted by Crippen LogP contribution is -2.32. The second-order valence-electron chi connectivity index (χ2n) is 4.82. The van der Waals surface area contributed by atoms with Crippen LogP contribution in [0.15, 0.2) is 48.5 Å². The van der Waals surface area contributed by atoms with E-state index in [2.05, 4.69) is 5.32 Å². The Morgan fingerprint density at radius 1 is 1.17 bits per heavy atom. The zero-order valence-corrected chi connectivity index (χ0v) is 13.5. The maximum absolute atomic E-state index is 13.5. The Hall–Kier alpha value is -2.60. The Bertz CT molecular complexity index is 738. The largest absolute Gasteiger partial charge is 0.480 e. The van der Waals surface area contributed by atoms with Crippen LogP contribution >= 0.6 is 11.6 Å². The molecule has 7 heteroatoms. The highest BCUT2D eigenvalue weighted by Gasteiger charge is 2.19. The predicted octanol–water partition coefficient (Wildman–Crippen LogP) is 3.43. The lowest BCUT2D eigenvalue weighted by molar-refractivity contribution is -0.155. The lowest BCUT2D eigenvalue weighted by Gasteiger charge is -2.14. The van der Waals surface area contributed by atoms with Crippen molar-refractivity contribution in [2.24, 2.45) is 0 Å². The summed E-state index contributed by atoms with van der Waals surface area (Å²) in [6, 6.07) is 12.3. The summed E-state index contributed by atoms with van der Waals surface area (Å²) in [7, 11) is 0. The quantitative estimate of drug-likeness (QED) is 0.810. The Morgan fingerprint density at radius 3 is 2.54 bits per heavy atom. The van der Waals surface area contributed by atoms with Gasteiger partial charge in [0.25, 0.3) is 5.91 Å². The second kappa shape index (κ2) is 8.31. The summed E-state index contributed by atoms with van der Waals surface area (Å²) in [6.07, 6.45) is -1.10. The number of halogens is 2. The fourth-order valence-electron chi connectivity index (χ4n) is 1.78. The van der Waals surface area contributed by atoms with E-state index in [9.17, 15) is 14.0 Å². The van der Waals surface area contributed by atoms with Gasteiger partial charge in [0, 0.05) is 0 Å². The smallest absolute Gasteiger partial charge is 0.344 e. The molecule has 1 amide bonds. The molecule has 0 spiro atoms. The molecule has 2 rings (SSSR count). The molecular formula is C17H15ClFNO4. The van der Waals surface area contributed by atoms with Crippen molar-refractivity contribution >= 4 is 29.2 Å². The molecule has 0 heterocycles. The number of carbonyl (C=O) groups excluding carboxylic acids is 2. The van der Waals surface area contributed by atoms with Crippen molar-refractivity contribution in [1.29, 1.82) is 0 Å². The first-order valence-corrected chi connectivity index (χ1v) is 7.47. The molecule has 24 heavy (non-hydrogen) atoms. The Morgan fingerprint density at radius 2 is 1.83 bits per heavy atom. The van der Waals surface area contributed by atoms with Gasteiger partial charge in [-0.15, -0.1) is 0 Å². The third-order valence-electron chi connectivity index (χ3n) is 2.99. The number of benzene rings is 2. The fourth-order valence-corrected chi connectivity index (χ4v) is 1.97. The van der Waals surface area contributed by atoms with Gasteiger partial charge in [-0.1, -0.05) is 35.9 Å². The number of para-hydroxylation sites is 2. The lowest BCUT2D eigenvalue weighted by atomic mass is 10.3. The van der Waals surface area contributed by atoms with Gasteiger partial charge in [0.15, 0.2) is 12.7 Å². The Labute approximate surface area is 143 Å². The highest BCUT2D eigenvalue weighted by molar-refractivity contribution is 6.32. The van der Waals surface area contributed by atoms with Crippen molar-refractivity contribution in [3.63, 3.8) is 0 Å². The molecule has 1 N–H and O–H groups in total. The van der Waals surface area contributed by atoms with E-state index in [1.807, 2.05) is 0 Å². The average molecular weight is 352 g/mol. The predicted molar refractivity (Wildman–Crippen MR) is 87.5 cm³/mol. The van der Waals surface area contributed by atoms with E-state index in [4.69, 9.17) is 21.1 Å². The van der Waals surface area contributed by atoms with E-state index in [0.29, 0.717) is 10.8 Å². The summed E-state index contributed by atoms with van der Waals surface area (Å²) >= 11 is 5.89. The molecule has 0 saturated heterocycles. The molecule has 0 radical (unpaired) electrons. The molecule has 0 fully saturated rings. The molecule has 126 valence electrons. The third-order valence-corrected chi connectivity index (χ3v) is 3.30. The van der Waals surface area contributed by atoms with Crippen LogP contribution in [0, 0.1) is 5.82 Å². The number of rotatable bonds is 6. The van der Waals surface area contributed by atoms with Crippen LogP contribution in [0.3, 0.4) is 0 Å². The molecule has 2 aromatic rings. The van der Waals surface area contributed by atoms with Gasteiger partial charge in [-0.05, 0) is 31.2 Å². The summed E-state index contributed by atoms with van der Waals surface area (Å²) in [5.74, 6) is -1.64. The molecule has 0 aliphatic heterocycles. The summed E-state index contributed by atoms with van der Waals surface area (Å²) in [5.41, 5.74) is 0.0118. The fraction of sp³-hybridized carbons (Fsp3) is 0.176. The molecule has 0 aliphatic rings. The topological polar surface area (TPSA) is 64.6 Å². The van der Waals surface area contributed by atoms with Gasteiger partial charge in [0.05, 0.1) is 10.7 Å². The molecule has 0 bridgehead atoms. The van der Waals surface area contributed by atoms with Crippen LogP contribution in [0.25, 0.3) is 0 Å². The van der Waals surface area contributed by atoms with Gasteiger partial charge in [0.2, 0.25) is 0 Å². The zero-order chi connectivity index (χ0) is 17.5. The van der Waals surface area contributed by atoms with Gasteiger partial charge in [-0.2, -0.15) is 0 Å². The van der Waals surface area contributed by atoms with E-state index in [1.54, 1.807) is 30.3 Å². The molecule has 5 nitrogen and oxygen atoms in total. The first-order valence-electron chi connectivity index (χ1n) is 7.09. The van der Waals surface area contributed by atoms with Crippen molar-refractivity contribution in [3.05, 3.63) is 59.4 Å². The van der Waals surface area contributed by atoms with Crippen LogP contribution in [-0.2, 0) is 14.3 Å². The van der Waals surface area contributed by atoms with Gasteiger partial charge >= 0.3 is 5.97 Å². The number of nitrogens with one attached hydrogen (secondary N) is 1. The van der Waals surface area contributed by atoms with Crippen molar-refractivity contribution < 1.29 is 23.5 Å². The number of anilines is 1. The van der Waals surface area contributed by atoms with Gasteiger partial charge in [-0.3, -0.25) is 4.79 Å². The number of amides is 1. The monoisotopic (exact) mass is 351 g/mol. The van der Waals surface area contributed by atoms with Crippen LogP contribution in [0.2, 0.25) is 5.02 Å². The first kappa shape index (κ1) is 17.7. The summed E-state index contributed by atoms with van der Waals surface area (Å²) < 4.78 is 23.6. The second-order valence-corrected chi connectivity index (χ2v) is 5.23. The SMILES string of the molecule is C[C@H](OC(=O)COc1ccccc1Cl)C(=O)Nc1ccccc1F. The normalized spacial score (nSPS) is 11.5. The van der Waals surface area contributed by atoms with Crippen molar-refractivity contribution in [2.45, 2.75) is 13.0 Å². The van der Waals surface area contributed by atoms with Crippen LogP contribution in [0.4, 0.5) is 10.1 Å². The van der Waals surface area contributed by atoms with E-state index in [1.165, 1.54) is 25.1 Å². The van der Waals surface area contributed by atoms with Gasteiger partial charge < -0.3 is 14.8 Å². The highest BCUT2D eigenvalue weighted by Crippen LogP contribution is 2.23. The maximum Gasteiger partial charge on any atom is 0.344 e. The minimum absolute atomic E-state index is 0.0118. The Kier molecular flexibility index (Phi) is 6.14. The molecule has 0 saturated carbocycles. The maximum atomic E-state index is 13.5. The number of hydrogen-bond donors (Lipinski definition) is 1. The summed E-state index contributed by atoms with van der Waals surface area (Å²) in [5, 5.41) is 2.70. The third kappa shape index (κ3) is 4.96. The average Bonchev–Trinajstić information content (AvgIpc) is 2.56. The molecule has 0 aliphatic carbocycles. The van der Waals surface area contributed by atoms with E-state index >= 15 is 0 Å². The van der Waals surface area contributed by atoms with Crippen LogP contribution < -0.4 is 10.1 Å². The van der Waals surface area contributed by atoms with Crippen LogP contribution in [0.1, 0.15) is 6.92 Å². The van der Waals surface area contributed by atoms with E-state index < -0.39 is 30.4 Å².